The number of carbonyl (C=O) groups excluding carboxylic acids is 1. The lowest BCUT2D eigenvalue weighted by Gasteiger charge is -2.26. The highest BCUT2D eigenvalue weighted by atomic mass is 79.9. The van der Waals surface area contributed by atoms with Gasteiger partial charge in [0, 0.05) is 16.6 Å². The van der Waals surface area contributed by atoms with E-state index < -0.39 is 0 Å². The molecule has 3 rings (SSSR count). The summed E-state index contributed by atoms with van der Waals surface area (Å²) in [5, 5.41) is 3.05. The predicted octanol–water partition coefficient (Wildman–Crippen LogP) is 4.34. The molecule has 1 saturated heterocycles. The van der Waals surface area contributed by atoms with Crippen LogP contribution in [0, 0.1) is 6.92 Å². The zero-order valence-corrected chi connectivity index (χ0v) is 16.0. The topological polar surface area (TPSA) is 45.5 Å². The van der Waals surface area contributed by atoms with Gasteiger partial charge in [-0.25, -0.2) is 0 Å². The van der Waals surface area contributed by atoms with Gasteiger partial charge in [0.2, 0.25) is 0 Å². The highest BCUT2D eigenvalue weighted by Gasteiger charge is 2.26. The molecular formula is C18H22BrClN2O2. The molecule has 1 N–H and O–H groups in total. The van der Waals surface area contributed by atoms with Crippen LogP contribution >= 0.6 is 28.3 Å². The smallest absolute Gasteiger partial charge is 0.251 e. The summed E-state index contributed by atoms with van der Waals surface area (Å²) < 4.78 is 6.78. The Morgan fingerprint density at radius 3 is 2.46 bits per heavy atom. The second-order valence-corrected chi connectivity index (χ2v) is 6.84. The van der Waals surface area contributed by atoms with Gasteiger partial charge in [-0.2, -0.15) is 0 Å². The van der Waals surface area contributed by atoms with Crippen LogP contribution in [0.5, 0.6) is 0 Å². The van der Waals surface area contributed by atoms with Crippen molar-refractivity contribution in [3.63, 3.8) is 0 Å². The van der Waals surface area contributed by atoms with Crippen LogP contribution in [-0.2, 0) is 0 Å². The third-order valence-electron chi connectivity index (χ3n) is 4.23. The molecule has 2 aromatic rings. The maximum absolute atomic E-state index is 12.3. The Kier molecular flexibility index (Phi) is 6.90. The monoisotopic (exact) mass is 412 g/mol. The van der Waals surface area contributed by atoms with Gasteiger partial charge in [-0.15, -0.1) is 12.4 Å². The Labute approximate surface area is 157 Å². The summed E-state index contributed by atoms with van der Waals surface area (Å²) in [7, 11) is 0. The van der Waals surface area contributed by atoms with E-state index in [9.17, 15) is 4.79 Å². The molecule has 0 aliphatic carbocycles. The van der Waals surface area contributed by atoms with E-state index >= 15 is 0 Å². The molecule has 0 bridgehead atoms. The number of hydrogen-bond donors (Lipinski definition) is 1. The Morgan fingerprint density at radius 1 is 1.21 bits per heavy atom. The zero-order valence-electron chi connectivity index (χ0n) is 13.6. The maximum atomic E-state index is 12.3. The number of nitrogens with zero attached hydrogens (tertiary/aromatic N) is 1. The summed E-state index contributed by atoms with van der Waals surface area (Å²) in [4.78, 5) is 14.7. The second kappa shape index (κ2) is 8.70. The number of rotatable bonds is 5. The van der Waals surface area contributed by atoms with Crippen LogP contribution in [0.1, 0.15) is 40.8 Å². The highest BCUT2D eigenvalue weighted by molar-refractivity contribution is 9.10. The summed E-state index contributed by atoms with van der Waals surface area (Å²) in [5.41, 5.74) is 0.670. The van der Waals surface area contributed by atoms with Gasteiger partial charge in [0.15, 0.2) is 0 Å². The van der Waals surface area contributed by atoms with Crippen molar-refractivity contribution < 1.29 is 9.21 Å². The van der Waals surface area contributed by atoms with E-state index in [0.29, 0.717) is 12.1 Å². The molecule has 1 unspecified atom stereocenters. The van der Waals surface area contributed by atoms with Gasteiger partial charge in [0.05, 0.1) is 6.04 Å². The van der Waals surface area contributed by atoms with Crippen LogP contribution in [0.4, 0.5) is 0 Å². The Bertz CT molecular complexity index is 666. The van der Waals surface area contributed by atoms with E-state index in [2.05, 4.69) is 26.1 Å². The second-order valence-electron chi connectivity index (χ2n) is 5.92. The normalized spacial score (nSPS) is 15.8. The fraction of sp³-hybridized carbons (Fsp3) is 0.389. The van der Waals surface area contributed by atoms with Crippen LogP contribution in [0.3, 0.4) is 0 Å². The van der Waals surface area contributed by atoms with E-state index in [-0.39, 0.29) is 24.4 Å². The van der Waals surface area contributed by atoms with Crippen LogP contribution in [-0.4, -0.2) is 30.4 Å². The molecule has 130 valence electrons. The molecule has 1 aliphatic heterocycles. The van der Waals surface area contributed by atoms with Gasteiger partial charge in [-0.05, 0) is 69.3 Å². The zero-order chi connectivity index (χ0) is 16.2. The van der Waals surface area contributed by atoms with Crippen LogP contribution < -0.4 is 5.32 Å². The quantitative estimate of drug-likeness (QED) is 0.793. The third kappa shape index (κ3) is 4.62. The van der Waals surface area contributed by atoms with Crippen molar-refractivity contribution in [1.82, 2.24) is 10.2 Å². The van der Waals surface area contributed by atoms with Crippen molar-refractivity contribution in [3.8, 4) is 0 Å². The van der Waals surface area contributed by atoms with Crippen molar-refractivity contribution in [2.75, 3.05) is 19.6 Å². The molecule has 1 atom stereocenters. The summed E-state index contributed by atoms with van der Waals surface area (Å²) >= 11 is 3.38. The Balaban J connectivity index is 0.00000208. The van der Waals surface area contributed by atoms with Crippen molar-refractivity contribution in [3.05, 3.63) is 58.0 Å². The van der Waals surface area contributed by atoms with Crippen molar-refractivity contribution in [1.29, 1.82) is 0 Å². The standard InChI is InChI=1S/C18H21BrN2O2.ClH/c1-13-4-9-17(23-13)16(21-10-2-3-11-21)12-20-18(22)14-5-7-15(19)8-6-14;/h4-9,16H,2-3,10-12H2,1H3,(H,20,22);1H. The highest BCUT2D eigenvalue weighted by Crippen LogP contribution is 2.26. The minimum Gasteiger partial charge on any atom is -0.465 e. The molecule has 2 heterocycles. The minimum atomic E-state index is -0.0509. The Hall–Kier alpha value is -1.30. The first-order valence-electron chi connectivity index (χ1n) is 7.97. The number of carbonyl (C=O) groups is 1. The van der Waals surface area contributed by atoms with Crippen molar-refractivity contribution >= 4 is 34.2 Å². The number of hydrogen-bond acceptors (Lipinski definition) is 3. The molecule has 6 heteroatoms. The minimum absolute atomic E-state index is 0. The van der Waals surface area contributed by atoms with E-state index in [1.165, 1.54) is 12.8 Å². The van der Waals surface area contributed by atoms with Crippen LogP contribution in [0.25, 0.3) is 0 Å². The van der Waals surface area contributed by atoms with Gasteiger partial charge in [0.1, 0.15) is 11.5 Å². The van der Waals surface area contributed by atoms with Gasteiger partial charge in [-0.1, -0.05) is 15.9 Å². The molecule has 0 saturated carbocycles. The summed E-state index contributed by atoms with van der Waals surface area (Å²) in [6.07, 6.45) is 2.41. The molecule has 24 heavy (non-hydrogen) atoms. The molecule has 1 aliphatic rings. The van der Waals surface area contributed by atoms with Crippen LogP contribution in [0.15, 0.2) is 45.3 Å². The van der Waals surface area contributed by atoms with Gasteiger partial charge in [0.25, 0.3) is 5.91 Å². The number of benzene rings is 1. The number of amides is 1. The summed E-state index contributed by atoms with van der Waals surface area (Å²) in [5.74, 6) is 1.79. The molecule has 1 fully saturated rings. The SMILES string of the molecule is Cc1ccc(C(CNC(=O)c2ccc(Br)cc2)N2CCCC2)o1.Cl. The van der Waals surface area contributed by atoms with Gasteiger partial charge in [-0.3, -0.25) is 9.69 Å². The number of aryl methyl sites for hydroxylation is 1. The molecule has 0 spiro atoms. The largest absolute Gasteiger partial charge is 0.465 e. The summed E-state index contributed by atoms with van der Waals surface area (Å²) in [6, 6.07) is 11.5. The fourth-order valence-electron chi connectivity index (χ4n) is 2.99. The number of halogens is 2. The number of likely N-dealkylation sites (tertiary alicyclic amines) is 1. The maximum Gasteiger partial charge on any atom is 0.251 e. The van der Waals surface area contributed by atoms with Crippen molar-refractivity contribution in [2.24, 2.45) is 0 Å². The molecule has 0 radical (unpaired) electrons. The lowest BCUT2D eigenvalue weighted by molar-refractivity contribution is 0.0933. The van der Waals surface area contributed by atoms with E-state index in [1.807, 2.05) is 43.3 Å². The molecule has 1 amide bonds. The lowest BCUT2D eigenvalue weighted by Crippen LogP contribution is -2.36. The summed E-state index contributed by atoms with van der Waals surface area (Å²) in [6.45, 7) is 4.62. The first-order chi connectivity index (χ1) is 11.1. The Morgan fingerprint density at radius 2 is 1.88 bits per heavy atom. The van der Waals surface area contributed by atoms with E-state index in [1.54, 1.807) is 0 Å². The molecule has 4 nitrogen and oxygen atoms in total. The number of furan rings is 1. The molecule has 1 aromatic heterocycles. The van der Waals surface area contributed by atoms with E-state index in [0.717, 1.165) is 29.1 Å². The van der Waals surface area contributed by atoms with Gasteiger partial charge < -0.3 is 9.73 Å². The predicted molar refractivity (Wildman–Crippen MR) is 101 cm³/mol. The van der Waals surface area contributed by atoms with Gasteiger partial charge >= 0.3 is 0 Å². The van der Waals surface area contributed by atoms with E-state index in [4.69, 9.17) is 4.42 Å². The van der Waals surface area contributed by atoms with Crippen molar-refractivity contribution in [2.45, 2.75) is 25.8 Å². The average molecular weight is 414 g/mol. The fourth-order valence-corrected chi connectivity index (χ4v) is 3.25. The first kappa shape index (κ1) is 19.0. The average Bonchev–Trinajstić information content (AvgIpc) is 3.20. The van der Waals surface area contributed by atoms with Crippen LogP contribution in [0.2, 0.25) is 0 Å². The molecule has 1 aromatic carbocycles. The lowest BCUT2D eigenvalue weighted by atomic mass is 10.1. The third-order valence-corrected chi connectivity index (χ3v) is 4.76. The first-order valence-corrected chi connectivity index (χ1v) is 8.77. The number of nitrogens with one attached hydrogen (secondary N) is 1. The molecular weight excluding hydrogens is 392 g/mol.